The molecule has 0 fully saturated rings. The van der Waals surface area contributed by atoms with Gasteiger partial charge >= 0.3 is 0 Å². The van der Waals surface area contributed by atoms with E-state index in [0.29, 0.717) is 0 Å². The van der Waals surface area contributed by atoms with E-state index in [1.54, 1.807) is 0 Å². The Bertz CT molecular complexity index is 2620. The zero-order chi connectivity index (χ0) is 34.8. The number of benzene rings is 7. The first-order chi connectivity index (χ1) is 24.9. The van der Waals surface area contributed by atoms with E-state index in [1.807, 2.05) is 79.0 Å². The van der Waals surface area contributed by atoms with Crippen LogP contribution in [0.5, 0.6) is 0 Å². The molecule has 2 heterocycles. The average Bonchev–Trinajstić information content (AvgIpc) is 3.58. The van der Waals surface area contributed by atoms with Crippen molar-refractivity contribution < 1.29 is 52.8 Å². The maximum absolute atomic E-state index is 4.97. The van der Waals surface area contributed by atoms with Crippen molar-refractivity contribution in [2.45, 2.75) is 19.6 Å². The summed E-state index contributed by atoms with van der Waals surface area (Å²) in [7, 11) is -1.23. The van der Waals surface area contributed by atoms with Crippen LogP contribution in [0, 0.1) is 24.3 Å². The molecule has 0 bridgehead atoms. The quantitative estimate of drug-likeness (QED) is 0.0978. The van der Waals surface area contributed by atoms with Gasteiger partial charge in [-0.1, -0.05) is 97.8 Å². The van der Waals surface area contributed by atoms with Crippen LogP contribution in [0.25, 0.3) is 72.0 Å². The third kappa shape index (κ3) is 8.65. The molecule has 5 radical (unpaired) electrons. The summed E-state index contributed by atoms with van der Waals surface area (Å²) in [4.78, 5) is 9.49. The van der Waals surface area contributed by atoms with Crippen LogP contribution in [0.1, 0.15) is 0 Å². The number of imidazole rings is 1. The molecule has 54 heavy (non-hydrogen) atoms. The summed E-state index contributed by atoms with van der Waals surface area (Å²) < 4.78 is 2.18. The van der Waals surface area contributed by atoms with Crippen LogP contribution in [0.4, 0.5) is 0 Å². The summed E-state index contributed by atoms with van der Waals surface area (Å²) in [6.45, 7) is 7.00. The van der Waals surface area contributed by atoms with Crippen LogP contribution in [-0.4, -0.2) is 31.0 Å². The fourth-order valence-electron chi connectivity index (χ4n) is 6.37. The van der Waals surface area contributed by atoms with Crippen molar-refractivity contribution >= 4 is 54.3 Å². The minimum Gasteiger partial charge on any atom is -0.374 e. The maximum atomic E-state index is 4.97. The van der Waals surface area contributed by atoms with Gasteiger partial charge in [0.05, 0.1) is 19.1 Å². The van der Waals surface area contributed by atoms with E-state index in [-0.39, 0.29) is 61.2 Å². The molecule has 0 atom stereocenters. The van der Waals surface area contributed by atoms with Crippen molar-refractivity contribution in [3.8, 4) is 39.5 Å². The van der Waals surface area contributed by atoms with Gasteiger partial charge in [-0.25, -0.2) is 6.07 Å². The van der Waals surface area contributed by atoms with Crippen molar-refractivity contribution in [1.29, 1.82) is 0 Å². The maximum Gasteiger partial charge on any atom is 0.0795 e. The number of rotatable bonds is 5. The number of hydrogen-bond acceptors (Lipinski definition) is 2. The van der Waals surface area contributed by atoms with Crippen LogP contribution in [-0.2, 0) is 52.8 Å². The molecule has 0 unspecified atom stereocenters. The second-order valence-electron chi connectivity index (χ2n) is 13.6. The molecular formula is C47H35BIrN3SiY-4. The van der Waals surface area contributed by atoms with Crippen molar-refractivity contribution in [3.63, 3.8) is 0 Å². The topological polar surface area (TPSA) is 30.7 Å². The molecule has 2 aromatic heterocycles. The first-order valence-corrected chi connectivity index (χ1v) is 20.7. The fraction of sp³-hybridized carbons (Fsp3) is 0.0638. The summed E-state index contributed by atoms with van der Waals surface area (Å²) in [5.74, 6) is 0.825. The standard InChI is InChI=1S/C33H19N2.C14H16NSi.B.Ir.Y/c1-2-12-28(13-3-1)35-32-16-7-6-15-31(32)34-33(35)27-11-8-10-24(22-27)25-19-20-30-26(21-25)18-17-23-9-4-5-14-29(23)30;1-16(2,3)13-9-10-14(15-11-13)12-7-5-4-6-8-12;;;/h1-10,12-20H;4-7,9-11H,1-3H3;;;/q-3;-1;;;. The molecule has 0 amide bonds. The van der Waals surface area contributed by atoms with E-state index in [4.69, 9.17) is 4.98 Å². The molecule has 0 N–H and O–H groups in total. The third-order valence-electron chi connectivity index (χ3n) is 9.10. The number of fused-ring (bicyclic) bond motifs is 4. The van der Waals surface area contributed by atoms with Gasteiger partial charge in [0.1, 0.15) is 0 Å². The first-order valence-electron chi connectivity index (χ1n) is 17.2. The number of pyridine rings is 1. The second-order valence-corrected chi connectivity index (χ2v) is 18.6. The van der Waals surface area contributed by atoms with Crippen molar-refractivity contribution in [3.05, 3.63) is 182 Å². The van der Waals surface area contributed by atoms with Gasteiger partial charge in [0.25, 0.3) is 0 Å². The molecule has 3 nitrogen and oxygen atoms in total. The molecule has 0 saturated carbocycles. The third-order valence-corrected chi connectivity index (χ3v) is 11.1. The average molecular weight is 962 g/mol. The van der Waals surface area contributed by atoms with Crippen molar-refractivity contribution in [2.75, 3.05) is 0 Å². The van der Waals surface area contributed by atoms with Crippen LogP contribution < -0.4 is 5.19 Å². The Morgan fingerprint density at radius 3 is 2.09 bits per heavy atom. The molecule has 7 heteroatoms. The monoisotopic (exact) mass is 962 g/mol. The van der Waals surface area contributed by atoms with Gasteiger partial charge in [-0.2, -0.15) is 5.56 Å². The van der Waals surface area contributed by atoms with E-state index in [9.17, 15) is 0 Å². The minimum absolute atomic E-state index is 0. The molecule has 0 aliphatic rings. The SMILES string of the molecule is C[Si](C)(C)c1ccc(-c2[c-]cccc2)nc1.[B].[Ir].[Y].[c-]1ccc(-c2[c-]c3ccc4ccccc4c3cc2)[c-]c1-c1nc2ccccc2n1-c1ccccc1. The van der Waals surface area contributed by atoms with Crippen LogP contribution in [0.2, 0.25) is 19.6 Å². The Kier molecular flexibility index (Phi) is 13.6. The van der Waals surface area contributed by atoms with Crippen LogP contribution in [0.15, 0.2) is 158 Å². The molecule has 0 aliphatic carbocycles. The number of para-hydroxylation sites is 3. The summed E-state index contributed by atoms with van der Waals surface area (Å²) in [6.07, 6.45) is 2.02. The van der Waals surface area contributed by atoms with Gasteiger partial charge in [0.2, 0.25) is 0 Å². The summed E-state index contributed by atoms with van der Waals surface area (Å²) in [5.41, 5.74) is 7.94. The normalized spacial score (nSPS) is 10.8. The van der Waals surface area contributed by atoms with Gasteiger partial charge < -0.3 is 20.6 Å². The predicted octanol–water partition coefficient (Wildman–Crippen LogP) is 10.8. The van der Waals surface area contributed by atoms with Gasteiger partial charge in [-0.3, -0.25) is 23.3 Å². The molecule has 7 aromatic carbocycles. The van der Waals surface area contributed by atoms with E-state index in [0.717, 1.165) is 55.9 Å². The summed E-state index contributed by atoms with van der Waals surface area (Å²) in [5, 5.41) is 6.19. The Morgan fingerprint density at radius 2 is 1.33 bits per heavy atom. The molecular weight excluding hydrogens is 927 g/mol. The Labute approximate surface area is 359 Å². The van der Waals surface area contributed by atoms with E-state index in [1.165, 1.54) is 21.3 Å². The summed E-state index contributed by atoms with van der Waals surface area (Å²) in [6, 6.07) is 65.6. The number of nitrogens with zero attached hydrogens (tertiary/aromatic N) is 3. The second kappa shape index (κ2) is 17.9. The van der Waals surface area contributed by atoms with E-state index in [2.05, 4.69) is 132 Å². The molecule has 9 rings (SSSR count). The molecule has 0 aliphatic heterocycles. The predicted molar refractivity (Wildman–Crippen MR) is 221 cm³/mol. The van der Waals surface area contributed by atoms with E-state index < -0.39 is 8.07 Å². The van der Waals surface area contributed by atoms with Gasteiger partial charge in [-0.15, -0.1) is 65.5 Å². The zero-order valence-electron chi connectivity index (χ0n) is 30.3. The fourth-order valence-corrected chi connectivity index (χ4v) is 7.41. The van der Waals surface area contributed by atoms with Crippen LogP contribution >= 0.6 is 0 Å². The van der Waals surface area contributed by atoms with E-state index >= 15 is 0 Å². The minimum atomic E-state index is -1.23. The summed E-state index contributed by atoms with van der Waals surface area (Å²) >= 11 is 0. The van der Waals surface area contributed by atoms with Crippen molar-refractivity contribution in [1.82, 2.24) is 14.5 Å². The Morgan fingerprint density at radius 1 is 0.593 bits per heavy atom. The first kappa shape index (κ1) is 40.9. The number of hydrogen-bond donors (Lipinski definition) is 0. The Balaban J connectivity index is 0.000000252. The molecule has 261 valence electrons. The van der Waals surface area contributed by atoms with Gasteiger partial charge in [0.15, 0.2) is 0 Å². The molecule has 0 saturated heterocycles. The number of aromatic nitrogens is 3. The smallest absolute Gasteiger partial charge is 0.0795 e. The Hall–Kier alpha value is -4.28. The van der Waals surface area contributed by atoms with Crippen molar-refractivity contribution in [2.24, 2.45) is 0 Å². The molecule has 0 spiro atoms. The van der Waals surface area contributed by atoms with Gasteiger partial charge in [-0.05, 0) is 51.7 Å². The van der Waals surface area contributed by atoms with Gasteiger partial charge in [0, 0.05) is 73.1 Å². The zero-order valence-corrected chi connectivity index (χ0v) is 36.6. The molecule has 9 aromatic rings. The largest absolute Gasteiger partial charge is 0.374 e. The van der Waals surface area contributed by atoms with Crippen LogP contribution in [0.3, 0.4) is 0 Å².